The summed E-state index contributed by atoms with van der Waals surface area (Å²) in [6.45, 7) is 6.17. The van der Waals surface area contributed by atoms with E-state index in [0.29, 0.717) is 0 Å². The molecule has 1 amide bonds. The summed E-state index contributed by atoms with van der Waals surface area (Å²) in [6, 6.07) is 4.85. The number of benzene rings is 1. The van der Waals surface area contributed by atoms with Crippen molar-refractivity contribution < 1.29 is 19.4 Å². The molecule has 0 aliphatic carbocycles. The van der Waals surface area contributed by atoms with Crippen LogP contribution in [0.4, 0.5) is 10.5 Å². The Labute approximate surface area is 136 Å². The molecule has 1 aromatic carbocycles. The number of carboxylic acid groups (broad SMARTS) is 1. The highest BCUT2D eigenvalue weighted by atomic mass is 16.6. The number of carbonyl (C=O) groups is 2. The molecular weight excluding hydrogens is 296 g/mol. The highest BCUT2D eigenvalue weighted by molar-refractivity contribution is 5.80. The second-order valence-corrected chi connectivity index (χ2v) is 6.76. The third kappa shape index (κ3) is 5.16. The molecule has 1 heterocycles. The van der Waals surface area contributed by atoms with Gasteiger partial charge in [0.2, 0.25) is 0 Å². The van der Waals surface area contributed by atoms with E-state index < -0.39 is 23.7 Å². The summed E-state index contributed by atoms with van der Waals surface area (Å²) >= 11 is 0. The third-order valence-electron chi connectivity index (χ3n) is 3.54. The molecule has 0 bridgehead atoms. The Balaban J connectivity index is 2.04. The number of alkyl carbamates (subject to hydrolysis) is 1. The predicted molar refractivity (Wildman–Crippen MR) is 87.8 cm³/mol. The van der Waals surface area contributed by atoms with E-state index in [1.807, 2.05) is 18.2 Å². The van der Waals surface area contributed by atoms with Crippen molar-refractivity contribution >= 4 is 17.7 Å². The number of ether oxygens (including phenoxy) is 1. The minimum absolute atomic E-state index is 0.224. The molecule has 1 aliphatic rings. The van der Waals surface area contributed by atoms with Crippen molar-refractivity contribution in [2.75, 3.05) is 11.9 Å². The third-order valence-corrected chi connectivity index (χ3v) is 3.54. The maximum atomic E-state index is 11.8. The van der Waals surface area contributed by atoms with Crippen LogP contribution in [0.15, 0.2) is 18.2 Å². The van der Waals surface area contributed by atoms with Crippen molar-refractivity contribution in [3.05, 3.63) is 29.3 Å². The smallest absolute Gasteiger partial charge is 0.408 e. The average molecular weight is 320 g/mol. The molecule has 1 aromatic rings. The number of fused-ring (bicyclic) bond motifs is 1. The Morgan fingerprint density at radius 3 is 2.78 bits per heavy atom. The molecule has 126 valence electrons. The molecule has 3 N–H and O–H groups in total. The van der Waals surface area contributed by atoms with Crippen LogP contribution in [0.3, 0.4) is 0 Å². The van der Waals surface area contributed by atoms with Crippen LogP contribution in [-0.2, 0) is 22.4 Å². The summed E-state index contributed by atoms with van der Waals surface area (Å²) in [5.41, 5.74) is 2.52. The summed E-state index contributed by atoms with van der Waals surface area (Å²) < 4.78 is 5.12. The molecular formula is C17H24N2O4. The van der Waals surface area contributed by atoms with Crippen LogP contribution in [0.25, 0.3) is 0 Å². The Hall–Kier alpha value is -2.24. The largest absolute Gasteiger partial charge is 0.480 e. The molecule has 1 aliphatic heterocycles. The van der Waals surface area contributed by atoms with Crippen LogP contribution in [0.1, 0.15) is 38.3 Å². The van der Waals surface area contributed by atoms with E-state index in [1.54, 1.807) is 20.8 Å². The summed E-state index contributed by atoms with van der Waals surface area (Å²) in [5, 5.41) is 15.1. The quantitative estimate of drug-likeness (QED) is 0.793. The zero-order valence-corrected chi connectivity index (χ0v) is 13.8. The minimum atomic E-state index is -1.08. The van der Waals surface area contributed by atoms with Gasteiger partial charge in [0.15, 0.2) is 0 Å². The van der Waals surface area contributed by atoms with E-state index in [2.05, 4.69) is 10.6 Å². The van der Waals surface area contributed by atoms with Crippen molar-refractivity contribution in [2.45, 2.75) is 51.7 Å². The van der Waals surface area contributed by atoms with Gasteiger partial charge in [-0.3, -0.25) is 0 Å². The maximum Gasteiger partial charge on any atom is 0.408 e. The van der Waals surface area contributed by atoms with Gasteiger partial charge in [0.25, 0.3) is 0 Å². The SMILES string of the molecule is CC(C)(C)OC(=O)N[C@@H](Cc1ccc2c(c1)CCCN2)C(=O)O. The van der Waals surface area contributed by atoms with Gasteiger partial charge in [-0.1, -0.05) is 12.1 Å². The Morgan fingerprint density at radius 2 is 2.13 bits per heavy atom. The lowest BCUT2D eigenvalue weighted by atomic mass is 9.97. The van der Waals surface area contributed by atoms with Gasteiger partial charge in [0.1, 0.15) is 11.6 Å². The number of hydrogen-bond donors (Lipinski definition) is 3. The fourth-order valence-electron chi connectivity index (χ4n) is 2.54. The van der Waals surface area contributed by atoms with E-state index >= 15 is 0 Å². The number of carbonyl (C=O) groups excluding carboxylic acids is 1. The van der Waals surface area contributed by atoms with E-state index in [9.17, 15) is 14.7 Å². The normalized spacial score (nSPS) is 15.1. The zero-order chi connectivity index (χ0) is 17.0. The van der Waals surface area contributed by atoms with Gasteiger partial charge in [0, 0.05) is 18.7 Å². The topological polar surface area (TPSA) is 87.7 Å². The number of amides is 1. The molecule has 0 saturated carbocycles. The number of hydrogen-bond acceptors (Lipinski definition) is 4. The van der Waals surface area contributed by atoms with Gasteiger partial charge in [-0.15, -0.1) is 0 Å². The number of nitrogens with one attached hydrogen (secondary N) is 2. The molecule has 0 saturated heterocycles. The van der Waals surface area contributed by atoms with Crippen LogP contribution >= 0.6 is 0 Å². The highest BCUT2D eigenvalue weighted by Gasteiger charge is 2.24. The molecule has 2 rings (SSSR count). The highest BCUT2D eigenvalue weighted by Crippen LogP contribution is 2.23. The lowest BCUT2D eigenvalue weighted by molar-refractivity contribution is -0.139. The molecule has 6 nitrogen and oxygen atoms in total. The van der Waals surface area contributed by atoms with Gasteiger partial charge < -0.3 is 20.5 Å². The second kappa shape index (κ2) is 6.89. The first-order chi connectivity index (χ1) is 10.7. The summed E-state index contributed by atoms with van der Waals surface area (Å²) in [7, 11) is 0. The molecule has 0 radical (unpaired) electrons. The van der Waals surface area contributed by atoms with Crippen LogP contribution in [0.2, 0.25) is 0 Å². The molecule has 0 unspecified atom stereocenters. The lowest BCUT2D eigenvalue weighted by Crippen LogP contribution is -2.44. The number of aryl methyl sites for hydroxylation is 1. The Kier molecular flexibility index (Phi) is 5.13. The van der Waals surface area contributed by atoms with Crippen molar-refractivity contribution in [2.24, 2.45) is 0 Å². The first kappa shape index (κ1) is 17.1. The molecule has 0 aromatic heterocycles. The van der Waals surface area contributed by atoms with Gasteiger partial charge in [-0.25, -0.2) is 9.59 Å². The Morgan fingerprint density at radius 1 is 1.39 bits per heavy atom. The molecule has 0 fully saturated rings. The molecule has 0 spiro atoms. The van der Waals surface area contributed by atoms with E-state index in [0.717, 1.165) is 30.6 Å². The molecule has 23 heavy (non-hydrogen) atoms. The summed E-state index contributed by atoms with van der Waals surface area (Å²) in [5.74, 6) is -1.08. The number of anilines is 1. The van der Waals surface area contributed by atoms with Crippen LogP contribution < -0.4 is 10.6 Å². The van der Waals surface area contributed by atoms with Crippen LogP contribution in [0, 0.1) is 0 Å². The van der Waals surface area contributed by atoms with Gasteiger partial charge in [-0.2, -0.15) is 0 Å². The van der Waals surface area contributed by atoms with Crippen molar-refractivity contribution in [3.63, 3.8) is 0 Å². The van der Waals surface area contributed by atoms with Crippen molar-refractivity contribution in [1.29, 1.82) is 0 Å². The fourth-order valence-corrected chi connectivity index (χ4v) is 2.54. The first-order valence-corrected chi connectivity index (χ1v) is 7.82. The number of aliphatic carboxylic acids is 1. The maximum absolute atomic E-state index is 11.8. The number of carboxylic acids is 1. The Bertz CT molecular complexity index is 593. The van der Waals surface area contributed by atoms with Crippen molar-refractivity contribution in [3.8, 4) is 0 Å². The van der Waals surface area contributed by atoms with Crippen LogP contribution in [-0.4, -0.2) is 35.4 Å². The van der Waals surface area contributed by atoms with Gasteiger partial charge in [-0.05, 0) is 50.8 Å². The second-order valence-electron chi connectivity index (χ2n) is 6.76. The number of rotatable bonds is 4. The van der Waals surface area contributed by atoms with Gasteiger partial charge in [0.05, 0.1) is 0 Å². The molecule has 6 heteroatoms. The van der Waals surface area contributed by atoms with Crippen LogP contribution in [0.5, 0.6) is 0 Å². The summed E-state index contributed by atoms with van der Waals surface area (Å²) in [6.07, 6.45) is 1.55. The standard InChI is InChI=1S/C17H24N2O4/c1-17(2,3)23-16(22)19-14(15(20)21)10-11-6-7-13-12(9-11)5-4-8-18-13/h6-7,9,14,18H,4-5,8,10H2,1-3H3,(H,19,22)(H,20,21)/t14-/m0/s1. The predicted octanol–water partition coefficient (Wildman–Crippen LogP) is 2.57. The fraction of sp³-hybridized carbons (Fsp3) is 0.529. The van der Waals surface area contributed by atoms with E-state index in [4.69, 9.17) is 4.74 Å². The van der Waals surface area contributed by atoms with Gasteiger partial charge >= 0.3 is 12.1 Å². The minimum Gasteiger partial charge on any atom is -0.480 e. The molecule has 1 atom stereocenters. The zero-order valence-electron chi connectivity index (χ0n) is 13.8. The lowest BCUT2D eigenvalue weighted by Gasteiger charge is -2.23. The summed E-state index contributed by atoms with van der Waals surface area (Å²) in [4.78, 5) is 23.2. The van der Waals surface area contributed by atoms with E-state index in [-0.39, 0.29) is 6.42 Å². The average Bonchev–Trinajstić information content (AvgIpc) is 2.44. The van der Waals surface area contributed by atoms with Crippen molar-refractivity contribution in [1.82, 2.24) is 5.32 Å². The van der Waals surface area contributed by atoms with E-state index in [1.165, 1.54) is 5.56 Å². The first-order valence-electron chi connectivity index (χ1n) is 7.82. The monoisotopic (exact) mass is 320 g/mol.